The van der Waals surface area contributed by atoms with Crippen LogP contribution >= 0.6 is 23.2 Å². The van der Waals surface area contributed by atoms with Gasteiger partial charge < -0.3 is 10.1 Å². The van der Waals surface area contributed by atoms with Gasteiger partial charge in [0.25, 0.3) is 0 Å². The Kier molecular flexibility index (Phi) is 4.63. The maximum atomic E-state index is 13.3. The molecule has 1 spiro atoms. The van der Waals surface area contributed by atoms with Gasteiger partial charge in [-0.2, -0.15) is 0 Å². The monoisotopic (exact) mass is 331 g/mol. The van der Waals surface area contributed by atoms with Crippen molar-refractivity contribution in [2.24, 2.45) is 0 Å². The van der Waals surface area contributed by atoms with Crippen LogP contribution in [0.25, 0.3) is 0 Å². The molecule has 1 N–H and O–H groups in total. The van der Waals surface area contributed by atoms with Gasteiger partial charge in [-0.05, 0) is 37.8 Å². The summed E-state index contributed by atoms with van der Waals surface area (Å²) in [6, 6.07) is 2.87. The van der Waals surface area contributed by atoms with Gasteiger partial charge in [-0.15, -0.1) is 0 Å². The lowest BCUT2D eigenvalue weighted by Gasteiger charge is -2.44. The van der Waals surface area contributed by atoms with Gasteiger partial charge in [-0.3, -0.25) is 0 Å². The van der Waals surface area contributed by atoms with Crippen LogP contribution in [0.15, 0.2) is 12.1 Å². The molecule has 1 heterocycles. The minimum Gasteiger partial charge on any atom is -0.380 e. The van der Waals surface area contributed by atoms with Crippen LogP contribution in [0, 0.1) is 5.82 Å². The fourth-order valence-electron chi connectivity index (χ4n) is 3.58. The van der Waals surface area contributed by atoms with Gasteiger partial charge in [-0.1, -0.05) is 42.5 Å². The Morgan fingerprint density at radius 1 is 1.14 bits per heavy atom. The highest BCUT2D eigenvalue weighted by Gasteiger charge is 2.38. The van der Waals surface area contributed by atoms with E-state index in [2.05, 4.69) is 5.32 Å². The number of hydrogen-bond donors (Lipinski definition) is 1. The predicted octanol–water partition coefficient (Wildman–Crippen LogP) is 5.43. The zero-order valence-corrected chi connectivity index (χ0v) is 13.4. The van der Waals surface area contributed by atoms with Gasteiger partial charge in [0, 0.05) is 12.6 Å². The maximum absolute atomic E-state index is 13.3. The van der Waals surface area contributed by atoms with Crippen LogP contribution < -0.4 is 5.32 Å². The molecule has 0 radical (unpaired) electrons. The molecule has 1 aliphatic heterocycles. The molecule has 1 atom stereocenters. The van der Waals surface area contributed by atoms with Gasteiger partial charge in [0.05, 0.1) is 21.3 Å². The highest BCUT2D eigenvalue weighted by atomic mass is 35.5. The normalized spacial score (nSPS) is 25.0. The first-order chi connectivity index (χ1) is 10.1. The number of rotatable bonds is 2. The van der Waals surface area contributed by atoms with Crippen molar-refractivity contribution in [3.05, 3.63) is 28.0 Å². The summed E-state index contributed by atoms with van der Waals surface area (Å²) in [5, 5.41) is 4.08. The second-order valence-corrected chi connectivity index (χ2v) is 6.99. The molecule has 1 aromatic rings. The van der Waals surface area contributed by atoms with Crippen LogP contribution in [0.4, 0.5) is 10.1 Å². The molecule has 0 aromatic heterocycles. The summed E-state index contributed by atoms with van der Waals surface area (Å²) >= 11 is 12.2. The van der Waals surface area contributed by atoms with Crippen molar-refractivity contribution in [1.29, 1.82) is 0 Å². The molecule has 1 saturated carbocycles. The highest BCUT2D eigenvalue weighted by Crippen LogP contribution is 2.40. The molecule has 0 bridgehead atoms. The summed E-state index contributed by atoms with van der Waals surface area (Å²) in [5.74, 6) is -0.411. The summed E-state index contributed by atoms with van der Waals surface area (Å²) in [6.07, 6.45) is 7.95. The fourth-order valence-corrected chi connectivity index (χ4v) is 4.15. The van der Waals surface area contributed by atoms with E-state index in [0.29, 0.717) is 15.7 Å². The number of nitrogens with one attached hydrogen (secondary N) is 1. The topological polar surface area (TPSA) is 21.3 Å². The summed E-state index contributed by atoms with van der Waals surface area (Å²) in [5.41, 5.74) is 0.658. The number of benzene rings is 1. The largest absolute Gasteiger partial charge is 0.380 e. The molecule has 1 saturated heterocycles. The van der Waals surface area contributed by atoms with Crippen LogP contribution in [0.1, 0.15) is 44.9 Å². The van der Waals surface area contributed by atoms with Crippen LogP contribution in [0.5, 0.6) is 0 Å². The molecule has 1 aliphatic carbocycles. The first-order valence-electron chi connectivity index (χ1n) is 7.63. The third-order valence-corrected chi connectivity index (χ3v) is 5.21. The summed E-state index contributed by atoms with van der Waals surface area (Å²) in [4.78, 5) is 0. The van der Waals surface area contributed by atoms with Gasteiger partial charge >= 0.3 is 0 Å². The van der Waals surface area contributed by atoms with Crippen molar-refractivity contribution in [2.75, 3.05) is 11.9 Å². The fraction of sp³-hybridized carbons (Fsp3) is 0.625. The van der Waals surface area contributed by atoms with Gasteiger partial charge in [0.15, 0.2) is 0 Å². The van der Waals surface area contributed by atoms with Crippen molar-refractivity contribution in [3.8, 4) is 0 Å². The Hall–Kier alpha value is -0.510. The molecular formula is C16H20Cl2FNO. The summed E-state index contributed by atoms with van der Waals surface area (Å²) in [6.45, 7) is 0.758. The lowest BCUT2D eigenvalue weighted by Crippen LogP contribution is -2.45. The van der Waals surface area contributed by atoms with Crippen molar-refractivity contribution in [3.63, 3.8) is 0 Å². The average molecular weight is 332 g/mol. The van der Waals surface area contributed by atoms with E-state index < -0.39 is 5.82 Å². The number of halogens is 3. The maximum Gasteiger partial charge on any atom is 0.126 e. The Morgan fingerprint density at radius 2 is 1.81 bits per heavy atom. The molecule has 2 nitrogen and oxygen atoms in total. The van der Waals surface area contributed by atoms with Crippen molar-refractivity contribution >= 4 is 28.9 Å². The van der Waals surface area contributed by atoms with Crippen molar-refractivity contribution in [2.45, 2.75) is 56.6 Å². The molecule has 1 aromatic carbocycles. The van der Waals surface area contributed by atoms with Crippen LogP contribution in [-0.2, 0) is 4.74 Å². The van der Waals surface area contributed by atoms with E-state index in [-0.39, 0.29) is 11.6 Å². The third-order valence-electron chi connectivity index (χ3n) is 4.61. The first kappa shape index (κ1) is 15.4. The molecule has 5 heteroatoms. The van der Waals surface area contributed by atoms with Crippen molar-refractivity contribution < 1.29 is 9.13 Å². The lowest BCUT2D eigenvalue weighted by atomic mass is 9.78. The molecule has 1 unspecified atom stereocenters. The molecular weight excluding hydrogens is 312 g/mol. The SMILES string of the molecule is Fc1cc(Cl)c(NC2CCOC3(CCCCC3)C2)c(Cl)c1. The van der Waals surface area contributed by atoms with E-state index in [1.54, 1.807) is 0 Å². The minimum atomic E-state index is -0.411. The zero-order chi connectivity index (χ0) is 14.9. The third kappa shape index (κ3) is 3.46. The van der Waals surface area contributed by atoms with Gasteiger partial charge in [-0.25, -0.2) is 4.39 Å². The van der Waals surface area contributed by atoms with E-state index in [0.717, 1.165) is 32.3 Å². The first-order valence-corrected chi connectivity index (χ1v) is 8.39. The summed E-state index contributed by atoms with van der Waals surface area (Å²) < 4.78 is 19.3. The lowest BCUT2D eigenvalue weighted by molar-refractivity contribution is -0.103. The van der Waals surface area contributed by atoms with Gasteiger partial charge in [0.1, 0.15) is 5.82 Å². The van der Waals surface area contributed by atoms with Crippen LogP contribution in [-0.4, -0.2) is 18.2 Å². The smallest absolute Gasteiger partial charge is 0.126 e. The van der Waals surface area contributed by atoms with Crippen molar-refractivity contribution in [1.82, 2.24) is 0 Å². The van der Waals surface area contributed by atoms with E-state index in [1.807, 2.05) is 0 Å². The standard InChI is InChI=1S/C16H20Cl2FNO/c17-13-8-11(19)9-14(18)15(13)20-12-4-7-21-16(10-12)5-2-1-3-6-16/h8-9,12,20H,1-7,10H2. The Morgan fingerprint density at radius 3 is 2.48 bits per heavy atom. The molecule has 0 amide bonds. The van der Waals surface area contributed by atoms with Crippen LogP contribution in [0.2, 0.25) is 10.0 Å². The minimum absolute atomic E-state index is 0.0210. The van der Waals surface area contributed by atoms with E-state index >= 15 is 0 Å². The average Bonchev–Trinajstić information content (AvgIpc) is 2.44. The molecule has 116 valence electrons. The Bertz CT molecular complexity index is 488. The second-order valence-electron chi connectivity index (χ2n) is 6.17. The predicted molar refractivity (Wildman–Crippen MR) is 84.8 cm³/mol. The zero-order valence-electron chi connectivity index (χ0n) is 11.9. The quantitative estimate of drug-likeness (QED) is 0.780. The van der Waals surface area contributed by atoms with Gasteiger partial charge in [0.2, 0.25) is 0 Å². The van der Waals surface area contributed by atoms with Crippen LogP contribution in [0.3, 0.4) is 0 Å². The second kappa shape index (κ2) is 6.31. The number of anilines is 1. The van der Waals surface area contributed by atoms with E-state index in [1.165, 1.54) is 31.4 Å². The Balaban J connectivity index is 1.73. The van der Waals surface area contributed by atoms with E-state index in [4.69, 9.17) is 27.9 Å². The number of ether oxygens (including phenoxy) is 1. The molecule has 21 heavy (non-hydrogen) atoms. The number of hydrogen-bond acceptors (Lipinski definition) is 2. The molecule has 3 rings (SSSR count). The van der Waals surface area contributed by atoms with E-state index in [9.17, 15) is 4.39 Å². The summed E-state index contributed by atoms with van der Waals surface area (Å²) in [7, 11) is 0. The highest BCUT2D eigenvalue weighted by molar-refractivity contribution is 6.39. The Labute approximate surface area is 135 Å². The molecule has 2 aliphatic rings. The molecule has 2 fully saturated rings.